The summed E-state index contributed by atoms with van der Waals surface area (Å²) in [6.07, 6.45) is 2.45. The van der Waals surface area contributed by atoms with E-state index in [9.17, 15) is 5.11 Å². The van der Waals surface area contributed by atoms with Crippen molar-refractivity contribution in [3.63, 3.8) is 0 Å². The molecule has 1 aliphatic heterocycles. The third-order valence-electron chi connectivity index (χ3n) is 3.31. The van der Waals surface area contributed by atoms with Gasteiger partial charge < -0.3 is 15.7 Å². The maximum atomic E-state index is 9.81. The minimum absolute atomic E-state index is 0.211. The van der Waals surface area contributed by atoms with E-state index in [0.29, 0.717) is 11.9 Å². The lowest BCUT2D eigenvalue weighted by Gasteiger charge is -2.26. The van der Waals surface area contributed by atoms with Gasteiger partial charge in [0.15, 0.2) is 0 Å². The Morgan fingerprint density at radius 3 is 2.89 bits per heavy atom. The van der Waals surface area contributed by atoms with E-state index in [0.717, 1.165) is 31.6 Å². The van der Waals surface area contributed by atoms with E-state index in [-0.39, 0.29) is 6.10 Å². The van der Waals surface area contributed by atoms with E-state index in [1.807, 2.05) is 18.3 Å². The summed E-state index contributed by atoms with van der Waals surface area (Å²) < 4.78 is 0. The van der Waals surface area contributed by atoms with Crippen molar-refractivity contribution < 1.29 is 5.11 Å². The van der Waals surface area contributed by atoms with E-state index in [1.165, 1.54) is 0 Å². The van der Waals surface area contributed by atoms with Gasteiger partial charge in [0.05, 0.1) is 6.10 Å². The third kappa shape index (κ3) is 3.41. The van der Waals surface area contributed by atoms with Crippen molar-refractivity contribution in [3.8, 4) is 0 Å². The lowest BCUT2D eigenvalue weighted by molar-refractivity contribution is 0.169. The van der Waals surface area contributed by atoms with Crippen molar-refractivity contribution in [1.82, 2.24) is 14.8 Å². The van der Waals surface area contributed by atoms with Crippen LogP contribution in [0.3, 0.4) is 0 Å². The van der Waals surface area contributed by atoms with Crippen LogP contribution in [0, 0.1) is 0 Å². The number of aliphatic hydroxyl groups is 1. The number of pyridine rings is 1. The Bertz CT molecular complexity index is 379. The van der Waals surface area contributed by atoms with Crippen molar-refractivity contribution in [2.75, 3.05) is 32.9 Å². The molecule has 5 nitrogen and oxygen atoms in total. The Hall–Kier alpha value is -1.17. The lowest BCUT2D eigenvalue weighted by atomic mass is 10.2. The Morgan fingerprint density at radius 2 is 2.28 bits per heavy atom. The molecule has 1 aromatic heterocycles. The first-order valence-electron chi connectivity index (χ1n) is 6.32. The summed E-state index contributed by atoms with van der Waals surface area (Å²) in [6, 6.07) is 4.23. The number of aromatic nitrogens is 1. The van der Waals surface area contributed by atoms with Gasteiger partial charge >= 0.3 is 0 Å². The number of aliphatic hydroxyl groups excluding tert-OH is 1. The number of nitrogens with two attached hydrogens (primary N) is 1. The molecule has 2 heterocycles. The molecule has 2 unspecified atom stereocenters. The molecule has 0 aromatic carbocycles. The summed E-state index contributed by atoms with van der Waals surface area (Å²) in [4.78, 5) is 8.59. The zero-order valence-electron chi connectivity index (χ0n) is 11.1. The molecule has 0 amide bonds. The Labute approximate surface area is 108 Å². The topological polar surface area (TPSA) is 65.6 Å². The second kappa shape index (κ2) is 5.65. The van der Waals surface area contributed by atoms with Crippen LogP contribution >= 0.6 is 0 Å². The Morgan fingerprint density at radius 1 is 1.50 bits per heavy atom. The molecule has 2 rings (SSSR count). The van der Waals surface area contributed by atoms with Crippen LogP contribution in [-0.2, 0) is 6.54 Å². The highest BCUT2D eigenvalue weighted by Gasteiger charge is 2.30. The number of likely N-dealkylation sites (N-methyl/N-ethyl adjacent to an activating group) is 1. The van der Waals surface area contributed by atoms with Gasteiger partial charge in [0.2, 0.25) is 0 Å². The molecule has 0 bridgehead atoms. The van der Waals surface area contributed by atoms with E-state index < -0.39 is 0 Å². The average Bonchev–Trinajstić information content (AvgIpc) is 2.61. The fraction of sp³-hybridized carbons (Fsp3) is 0.615. The zero-order chi connectivity index (χ0) is 13.1. The second-order valence-corrected chi connectivity index (χ2v) is 5.33. The first-order valence-corrected chi connectivity index (χ1v) is 6.32. The van der Waals surface area contributed by atoms with E-state index in [4.69, 9.17) is 5.73 Å². The maximum absolute atomic E-state index is 9.81. The van der Waals surface area contributed by atoms with Gasteiger partial charge in [0, 0.05) is 31.9 Å². The monoisotopic (exact) mass is 250 g/mol. The molecule has 1 fully saturated rings. The minimum Gasteiger partial charge on any atom is -0.392 e. The predicted molar refractivity (Wildman–Crippen MR) is 72.0 cm³/mol. The van der Waals surface area contributed by atoms with E-state index in [1.54, 1.807) is 0 Å². The Kier molecular flexibility index (Phi) is 4.16. The molecule has 0 aliphatic carbocycles. The molecule has 5 heteroatoms. The van der Waals surface area contributed by atoms with Crippen LogP contribution in [0.15, 0.2) is 18.3 Å². The molecule has 0 saturated carbocycles. The summed E-state index contributed by atoms with van der Waals surface area (Å²) in [7, 11) is 4.13. The molecule has 1 aliphatic rings. The smallest absolute Gasteiger partial charge is 0.123 e. The molecule has 2 atom stereocenters. The van der Waals surface area contributed by atoms with Crippen molar-refractivity contribution in [2.45, 2.75) is 25.1 Å². The number of nitrogen functional groups attached to an aromatic ring is 1. The number of hydrogen-bond donors (Lipinski definition) is 2. The van der Waals surface area contributed by atoms with Gasteiger partial charge in [-0.1, -0.05) is 6.07 Å². The van der Waals surface area contributed by atoms with Crippen LogP contribution in [0.2, 0.25) is 0 Å². The number of nitrogens with zero attached hydrogens (tertiary/aromatic N) is 3. The number of hydrogen-bond acceptors (Lipinski definition) is 5. The fourth-order valence-electron chi connectivity index (χ4n) is 2.53. The van der Waals surface area contributed by atoms with Gasteiger partial charge in [-0.3, -0.25) is 4.90 Å². The van der Waals surface area contributed by atoms with Gasteiger partial charge in [-0.25, -0.2) is 4.98 Å². The zero-order valence-corrected chi connectivity index (χ0v) is 11.1. The van der Waals surface area contributed by atoms with Gasteiger partial charge in [-0.05, 0) is 32.1 Å². The average molecular weight is 250 g/mol. The molecule has 3 N–H and O–H groups in total. The Balaban J connectivity index is 2.00. The van der Waals surface area contributed by atoms with E-state index in [2.05, 4.69) is 28.9 Å². The van der Waals surface area contributed by atoms with Gasteiger partial charge in [0.25, 0.3) is 0 Å². The molecule has 18 heavy (non-hydrogen) atoms. The van der Waals surface area contributed by atoms with Crippen molar-refractivity contribution in [1.29, 1.82) is 0 Å². The van der Waals surface area contributed by atoms with Gasteiger partial charge in [0.1, 0.15) is 5.82 Å². The first-order chi connectivity index (χ1) is 8.54. The molecule has 100 valence electrons. The predicted octanol–water partition coefficient (Wildman–Crippen LogP) is 0.161. The highest BCUT2D eigenvalue weighted by molar-refractivity contribution is 5.29. The highest BCUT2D eigenvalue weighted by Crippen LogP contribution is 2.21. The minimum atomic E-state index is -0.211. The van der Waals surface area contributed by atoms with Crippen LogP contribution in [0.4, 0.5) is 5.82 Å². The maximum Gasteiger partial charge on any atom is 0.123 e. The largest absolute Gasteiger partial charge is 0.392 e. The van der Waals surface area contributed by atoms with E-state index >= 15 is 0 Å². The lowest BCUT2D eigenvalue weighted by Crippen LogP contribution is -2.37. The van der Waals surface area contributed by atoms with Crippen LogP contribution in [0.25, 0.3) is 0 Å². The third-order valence-corrected chi connectivity index (χ3v) is 3.31. The molecule has 0 spiro atoms. The molecular formula is C13H22N4O. The number of β-amino-alcohol motifs (C(OH)–C–C–N with tert-alkyl or cyclic N) is 1. The van der Waals surface area contributed by atoms with Gasteiger partial charge in [-0.15, -0.1) is 0 Å². The van der Waals surface area contributed by atoms with Crippen molar-refractivity contribution in [2.24, 2.45) is 0 Å². The first kappa shape index (κ1) is 13.3. The number of anilines is 1. The number of likely N-dealkylation sites (tertiary alicyclic amines) is 1. The highest BCUT2D eigenvalue weighted by atomic mass is 16.3. The summed E-state index contributed by atoms with van der Waals surface area (Å²) in [5.41, 5.74) is 6.72. The van der Waals surface area contributed by atoms with Crippen molar-refractivity contribution >= 4 is 5.82 Å². The van der Waals surface area contributed by atoms with Crippen LogP contribution in [-0.4, -0.2) is 59.2 Å². The molecular weight excluding hydrogens is 228 g/mol. The molecule has 1 aromatic rings. The molecule has 1 saturated heterocycles. The summed E-state index contributed by atoms with van der Waals surface area (Å²) >= 11 is 0. The quantitative estimate of drug-likeness (QED) is 0.797. The standard InChI is InChI=1S/C13H22N4O/c1-16(2)8-11-5-12(18)9-17(11)7-10-3-4-13(14)15-6-10/h3-4,6,11-12,18H,5,7-9H2,1-2H3,(H2,14,15). The SMILES string of the molecule is CN(C)CC1CC(O)CN1Cc1ccc(N)nc1. The summed E-state index contributed by atoms with van der Waals surface area (Å²) in [5, 5.41) is 9.81. The normalized spacial score (nSPS) is 24.9. The van der Waals surface area contributed by atoms with Crippen molar-refractivity contribution in [3.05, 3.63) is 23.9 Å². The number of rotatable bonds is 4. The van der Waals surface area contributed by atoms with Crippen LogP contribution in [0.1, 0.15) is 12.0 Å². The fourth-order valence-corrected chi connectivity index (χ4v) is 2.53. The second-order valence-electron chi connectivity index (χ2n) is 5.33. The van der Waals surface area contributed by atoms with Crippen LogP contribution < -0.4 is 5.73 Å². The van der Waals surface area contributed by atoms with Crippen LogP contribution in [0.5, 0.6) is 0 Å². The summed E-state index contributed by atoms with van der Waals surface area (Å²) in [5.74, 6) is 0.546. The summed E-state index contributed by atoms with van der Waals surface area (Å²) in [6.45, 7) is 2.53. The molecule has 0 radical (unpaired) electrons. The van der Waals surface area contributed by atoms with Gasteiger partial charge in [-0.2, -0.15) is 0 Å².